The molecule has 2 fully saturated rings. The summed E-state index contributed by atoms with van der Waals surface area (Å²) < 4.78 is 5.44. The van der Waals surface area contributed by atoms with Crippen molar-refractivity contribution in [2.45, 2.75) is 38.0 Å². The van der Waals surface area contributed by atoms with Crippen LogP contribution in [0.25, 0.3) is 0 Å². The second-order valence-corrected chi connectivity index (χ2v) is 5.47. The van der Waals surface area contributed by atoms with Gasteiger partial charge in [0.15, 0.2) is 0 Å². The van der Waals surface area contributed by atoms with Crippen LogP contribution in [-0.4, -0.2) is 36.3 Å². The Morgan fingerprint density at radius 2 is 1.95 bits per heavy atom. The molecule has 0 radical (unpaired) electrons. The molecule has 0 saturated carbocycles. The van der Waals surface area contributed by atoms with E-state index in [2.05, 4.69) is 20.9 Å². The van der Waals surface area contributed by atoms with E-state index < -0.39 is 0 Å². The predicted molar refractivity (Wildman–Crippen MR) is 75.3 cm³/mol. The first-order chi connectivity index (χ1) is 9.33. The third-order valence-corrected chi connectivity index (χ3v) is 4.03. The van der Waals surface area contributed by atoms with Crippen molar-refractivity contribution in [3.8, 4) is 0 Å². The van der Waals surface area contributed by atoms with Crippen LogP contribution in [0, 0.1) is 0 Å². The van der Waals surface area contributed by atoms with Gasteiger partial charge in [-0.25, -0.2) is 4.98 Å². The van der Waals surface area contributed by atoms with Crippen molar-refractivity contribution in [3.63, 3.8) is 0 Å². The molecule has 3 rings (SSSR count). The molecule has 104 valence electrons. The quantitative estimate of drug-likeness (QED) is 0.882. The number of nitrogens with two attached hydrogens (primary N) is 1. The van der Waals surface area contributed by atoms with Crippen molar-refractivity contribution in [2.24, 2.45) is 0 Å². The van der Waals surface area contributed by atoms with E-state index in [0.717, 1.165) is 44.2 Å². The zero-order valence-corrected chi connectivity index (χ0v) is 11.3. The van der Waals surface area contributed by atoms with Crippen LogP contribution < -0.4 is 10.6 Å². The van der Waals surface area contributed by atoms with Gasteiger partial charge in [0.1, 0.15) is 5.82 Å². The Hall–Kier alpha value is -1.36. The Morgan fingerprint density at radius 1 is 1.16 bits per heavy atom. The molecule has 3 heterocycles. The van der Waals surface area contributed by atoms with Gasteiger partial charge < -0.3 is 15.4 Å². The zero-order chi connectivity index (χ0) is 13.1. The Bertz CT molecular complexity index is 423. The van der Waals surface area contributed by atoms with E-state index in [9.17, 15) is 0 Å². The van der Waals surface area contributed by atoms with Crippen molar-refractivity contribution in [2.75, 3.05) is 36.9 Å². The largest absolute Gasteiger partial charge is 0.381 e. The zero-order valence-electron chi connectivity index (χ0n) is 11.3. The number of aromatic nitrogens is 2. The van der Waals surface area contributed by atoms with Gasteiger partial charge in [0.25, 0.3) is 0 Å². The number of hydrogen-bond acceptors (Lipinski definition) is 5. The summed E-state index contributed by atoms with van der Waals surface area (Å²) in [6, 6.07) is 2.11. The van der Waals surface area contributed by atoms with Crippen molar-refractivity contribution >= 4 is 11.8 Å². The van der Waals surface area contributed by atoms with Crippen LogP contribution in [0.5, 0.6) is 0 Å². The van der Waals surface area contributed by atoms with Crippen LogP contribution in [0.4, 0.5) is 11.8 Å². The molecule has 1 atom stereocenters. The fourth-order valence-electron chi connectivity index (χ4n) is 2.91. The summed E-state index contributed by atoms with van der Waals surface area (Å²) >= 11 is 0. The Morgan fingerprint density at radius 3 is 2.63 bits per heavy atom. The van der Waals surface area contributed by atoms with Crippen molar-refractivity contribution in [3.05, 3.63) is 11.8 Å². The van der Waals surface area contributed by atoms with Crippen molar-refractivity contribution in [1.29, 1.82) is 0 Å². The van der Waals surface area contributed by atoms with Crippen LogP contribution in [0.1, 0.15) is 43.7 Å². The normalized spacial score (nSPS) is 24.4. The molecule has 2 aliphatic heterocycles. The molecule has 1 unspecified atom stereocenters. The molecule has 0 spiro atoms. The summed E-state index contributed by atoms with van der Waals surface area (Å²) in [5.74, 6) is 1.77. The van der Waals surface area contributed by atoms with Crippen LogP contribution in [0.2, 0.25) is 0 Å². The highest BCUT2D eigenvalue weighted by Crippen LogP contribution is 2.27. The van der Waals surface area contributed by atoms with Crippen LogP contribution in [0.15, 0.2) is 6.07 Å². The maximum atomic E-state index is 5.88. The molecule has 19 heavy (non-hydrogen) atoms. The number of ether oxygens (including phenoxy) is 1. The summed E-state index contributed by atoms with van der Waals surface area (Å²) in [4.78, 5) is 11.2. The number of hydrogen-bond donors (Lipinski definition) is 1. The summed E-state index contributed by atoms with van der Waals surface area (Å²) in [6.45, 7) is 3.75. The molecule has 2 aliphatic rings. The van der Waals surface area contributed by atoms with Gasteiger partial charge in [0.05, 0.1) is 12.3 Å². The van der Waals surface area contributed by atoms with Crippen LogP contribution in [0.3, 0.4) is 0 Å². The maximum Gasteiger partial charge on any atom is 0.222 e. The molecule has 1 aromatic heterocycles. The first-order valence-electron chi connectivity index (χ1n) is 7.30. The molecule has 5 heteroatoms. The molecule has 5 nitrogen and oxygen atoms in total. The molecule has 2 saturated heterocycles. The highest BCUT2D eigenvalue weighted by Gasteiger charge is 2.21. The van der Waals surface area contributed by atoms with E-state index in [0.29, 0.717) is 11.9 Å². The van der Waals surface area contributed by atoms with Crippen LogP contribution >= 0.6 is 0 Å². The van der Waals surface area contributed by atoms with Gasteiger partial charge in [-0.1, -0.05) is 12.8 Å². The standard InChI is InChI=1S/C14H22N4O/c15-14-16-12(11-5-8-19-10-11)9-13(17-14)18-6-3-1-2-4-7-18/h9,11H,1-8,10H2,(H2,15,16,17). The third kappa shape index (κ3) is 2.97. The highest BCUT2D eigenvalue weighted by atomic mass is 16.5. The van der Waals surface area contributed by atoms with E-state index in [1.807, 2.05) is 0 Å². The fraction of sp³-hybridized carbons (Fsp3) is 0.714. The Labute approximate surface area is 114 Å². The summed E-state index contributed by atoms with van der Waals surface area (Å²) in [5.41, 5.74) is 6.93. The lowest BCUT2D eigenvalue weighted by molar-refractivity contribution is 0.193. The number of rotatable bonds is 2. The molecule has 0 aromatic carbocycles. The number of anilines is 2. The topological polar surface area (TPSA) is 64.3 Å². The third-order valence-electron chi connectivity index (χ3n) is 4.03. The predicted octanol–water partition coefficient (Wildman–Crippen LogP) is 1.94. The molecule has 0 aliphatic carbocycles. The highest BCUT2D eigenvalue weighted by molar-refractivity contribution is 5.44. The second-order valence-electron chi connectivity index (χ2n) is 5.47. The number of nitrogen functional groups attached to an aromatic ring is 1. The lowest BCUT2D eigenvalue weighted by atomic mass is 10.0. The minimum atomic E-state index is 0.385. The average Bonchev–Trinajstić information content (AvgIpc) is 2.81. The Kier molecular flexibility index (Phi) is 3.82. The van der Waals surface area contributed by atoms with Gasteiger partial charge >= 0.3 is 0 Å². The van der Waals surface area contributed by atoms with Gasteiger partial charge in [-0.3, -0.25) is 0 Å². The smallest absolute Gasteiger partial charge is 0.222 e. The van der Waals surface area contributed by atoms with E-state index in [1.165, 1.54) is 25.7 Å². The van der Waals surface area contributed by atoms with Crippen molar-refractivity contribution in [1.82, 2.24) is 9.97 Å². The monoisotopic (exact) mass is 262 g/mol. The van der Waals surface area contributed by atoms with Gasteiger partial charge in [-0.2, -0.15) is 4.98 Å². The van der Waals surface area contributed by atoms with Crippen LogP contribution in [-0.2, 0) is 4.74 Å². The lowest BCUT2D eigenvalue weighted by Gasteiger charge is -2.22. The molecular weight excluding hydrogens is 240 g/mol. The molecule has 0 amide bonds. The van der Waals surface area contributed by atoms with Gasteiger partial charge in [0.2, 0.25) is 5.95 Å². The SMILES string of the molecule is Nc1nc(C2CCOC2)cc(N2CCCCCC2)n1. The summed E-state index contributed by atoms with van der Waals surface area (Å²) in [6.07, 6.45) is 6.16. The minimum absolute atomic E-state index is 0.385. The first kappa shape index (κ1) is 12.7. The maximum absolute atomic E-state index is 5.88. The van der Waals surface area contributed by atoms with Gasteiger partial charge in [-0.15, -0.1) is 0 Å². The lowest BCUT2D eigenvalue weighted by Crippen LogP contribution is -2.25. The Balaban J connectivity index is 1.83. The van der Waals surface area contributed by atoms with E-state index in [1.54, 1.807) is 0 Å². The second kappa shape index (κ2) is 5.74. The molecular formula is C14H22N4O. The van der Waals surface area contributed by atoms with E-state index in [-0.39, 0.29) is 0 Å². The average molecular weight is 262 g/mol. The fourth-order valence-corrected chi connectivity index (χ4v) is 2.91. The summed E-state index contributed by atoms with van der Waals surface area (Å²) in [7, 11) is 0. The molecule has 0 bridgehead atoms. The minimum Gasteiger partial charge on any atom is -0.381 e. The van der Waals surface area contributed by atoms with Gasteiger partial charge in [-0.05, 0) is 19.3 Å². The van der Waals surface area contributed by atoms with Crippen molar-refractivity contribution < 1.29 is 4.74 Å². The number of nitrogens with zero attached hydrogens (tertiary/aromatic N) is 3. The van der Waals surface area contributed by atoms with E-state index in [4.69, 9.17) is 10.5 Å². The van der Waals surface area contributed by atoms with Gasteiger partial charge in [0, 0.05) is 31.7 Å². The van der Waals surface area contributed by atoms with E-state index >= 15 is 0 Å². The molecule has 1 aromatic rings. The summed E-state index contributed by atoms with van der Waals surface area (Å²) in [5, 5.41) is 0. The first-order valence-corrected chi connectivity index (χ1v) is 7.30. The molecule has 2 N–H and O–H groups in total.